The molecular weight excluding hydrogens is 765 g/mol. The molecular formula is C55H32N4OS. The van der Waals surface area contributed by atoms with Gasteiger partial charge >= 0.3 is 0 Å². The Kier molecular flexibility index (Phi) is 7.41. The van der Waals surface area contributed by atoms with Crippen molar-refractivity contribution >= 4 is 86.0 Å². The average Bonchev–Trinajstić information content (AvgIpc) is 4.01. The zero-order valence-corrected chi connectivity index (χ0v) is 33.4. The lowest BCUT2D eigenvalue weighted by Gasteiger charge is -2.13. The van der Waals surface area contributed by atoms with Crippen molar-refractivity contribution in [2.24, 2.45) is 0 Å². The van der Waals surface area contributed by atoms with Crippen LogP contribution in [0.4, 0.5) is 0 Å². The van der Waals surface area contributed by atoms with Gasteiger partial charge in [-0.25, -0.2) is 15.0 Å². The van der Waals surface area contributed by atoms with E-state index in [1.54, 1.807) is 11.3 Å². The van der Waals surface area contributed by atoms with Crippen LogP contribution in [0.3, 0.4) is 0 Å². The Hall–Kier alpha value is -7.93. The van der Waals surface area contributed by atoms with Crippen LogP contribution in [0.1, 0.15) is 0 Å². The number of hydrogen-bond donors (Lipinski definition) is 0. The smallest absolute Gasteiger partial charge is 0.167 e. The molecule has 9 aromatic carbocycles. The van der Waals surface area contributed by atoms with E-state index in [0.717, 1.165) is 71.2 Å². The molecule has 0 saturated heterocycles. The van der Waals surface area contributed by atoms with Gasteiger partial charge in [-0.2, -0.15) is 0 Å². The number of nitrogens with zero attached hydrogens (tertiary/aromatic N) is 4. The molecule has 4 aromatic heterocycles. The third-order valence-corrected chi connectivity index (χ3v) is 13.3. The zero-order chi connectivity index (χ0) is 40.0. The predicted molar refractivity (Wildman–Crippen MR) is 254 cm³/mol. The van der Waals surface area contributed by atoms with E-state index in [4.69, 9.17) is 19.4 Å². The second kappa shape index (κ2) is 13.3. The molecule has 284 valence electrons. The number of aromatic nitrogens is 4. The fourth-order valence-corrected chi connectivity index (χ4v) is 10.4. The third-order valence-electron chi connectivity index (χ3n) is 12.0. The quantitative estimate of drug-likeness (QED) is 0.174. The highest BCUT2D eigenvalue weighted by molar-refractivity contribution is 7.26. The van der Waals surface area contributed by atoms with Crippen LogP contribution in [0.2, 0.25) is 0 Å². The van der Waals surface area contributed by atoms with Crippen LogP contribution < -0.4 is 0 Å². The molecule has 0 unspecified atom stereocenters. The zero-order valence-electron chi connectivity index (χ0n) is 32.6. The van der Waals surface area contributed by atoms with Crippen LogP contribution in [-0.2, 0) is 0 Å². The van der Waals surface area contributed by atoms with Gasteiger partial charge < -0.3 is 8.98 Å². The first-order chi connectivity index (χ1) is 30.2. The van der Waals surface area contributed by atoms with Gasteiger partial charge in [0.25, 0.3) is 0 Å². The number of para-hydroxylation sites is 2. The van der Waals surface area contributed by atoms with Crippen molar-refractivity contribution in [3.8, 4) is 51.0 Å². The third kappa shape index (κ3) is 5.29. The second-order valence-electron chi connectivity index (χ2n) is 15.5. The summed E-state index contributed by atoms with van der Waals surface area (Å²) in [7, 11) is 0. The summed E-state index contributed by atoms with van der Waals surface area (Å²) in [6, 6.07) is 68.5. The Balaban J connectivity index is 1.09. The summed E-state index contributed by atoms with van der Waals surface area (Å²) >= 11 is 1.77. The maximum absolute atomic E-state index is 6.94. The molecule has 0 aliphatic rings. The first-order valence-corrected chi connectivity index (χ1v) is 21.2. The fraction of sp³-hybridized carbons (Fsp3) is 0. The SMILES string of the molecule is c1ccc(-c2cccc(-c3nc(-c4ccc(-n5c6ccccc6c6cc7ccccc7cc65)c5c4oc4ccccc45)nc(-c4cccc5c4sc4ccccc45)n3)c2)cc1. The molecule has 0 spiro atoms. The molecule has 0 aliphatic carbocycles. The lowest BCUT2D eigenvalue weighted by atomic mass is 10.0. The molecule has 6 heteroatoms. The standard InChI is InChI=1S/C55H32N4OS/c1-2-14-33(15-3-1)34-18-12-19-37(30-34)53-56-54(58-55(57-53)43-24-13-23-40-39-21-8-11-27-49(39)61-52(40)43)42-28-29-46(50-41-22-7-10-26-48(41)60-51(42)50)59-45-25-9-6-20-38(45)44-31-35-16-4-5-17-36(35)32-47(44)59/h1-32H. The lowest BCUT2D eigenvalue weighted by molar-refractivity contribution is 0.669. The molecule has 13 rings (SSSR count). The van der Waals surface area contributed by atoms with Crippen LogP contribution in [0.5, 0.6) is 0 Å². The van der Waals surface area contributed by atoms with Crippen molar-refractivity contribution in [3.05, 3.63) is 194 Å². The molecule has 0 fully saturated rings. The van der Waals surface area contributed by atoms with Gasteiger partial charge in [-0.15, -0.1) is 11.3 Å². The number of hydrogen-bond acceptors (Lipinski definition) is 5. The minimum Gasteiger partial charge on any atom is -0.455 e. The maximum atomic E-state index is 6.94. The van der Waals surface area contributed by atoms with Crippen molar-refractivity contribution in [2.45, 2.75) is 0 Å². The summed E-state index contributed by atoms with van der Waals surface area (Å²) < 4.78 is 11.7. The van der Waals surface area contributed by atoms with Gasteiger partial charge in [0.2, 0.25) is 0 Å². The van der Waals surface area contributed by atoms with Crippen LogP contribution in [0.15, 0.2) is 199 Å². The van der Waals surface area contributed by atoms with Crippen molar-refractivity contribution < 1.29 is 4.42 Å². The van der Waals surface area contributed by atoms with Crippen molar-refractivity contribution in [2.75, 3.05) is 0 Å². The molecule has 5 nitrogen and oxygen atoms in total. The Morgan fingerprint density at radius 1 is 0.410 bits per heavy atom. The highest BCUT2D eigenvalue weighted by Gasteiger charge is 2.24. The number of furan rings is 1. The normalized spacial score (nSPS) is 11.9. The van der Waals surface area contributed by atoms with Gasteiger partial charge in [-0.1, -0.05) is 140 Å². The Bertz CT molecular complexity index is 3900. The molecule has 0 N–H and O–H groups in total. The first kappa shape index (κ1) is 34.0. The van der Waals surface area contributed by atoms with E-state index in [9.17, 15) is 0 Å². The number of thiophene rings is 1. The number of benzene rings is 9. The summed E-state index contributed by atoms with van der Waals surface area (Å²) in [6.45, 7) is 0. The molecule has 0 radical (unpaired) electrons. The minimum atomic E-state index is 0.548. The Labute approximate surface area is 353 Å². The van der Waals surface area contributed by atoms with Gasteiger partial charge in [0.15, 0.2) is 17.5 Å². The van der Waals surface area contributed by atoms with Gasteiger partial charge in [0.1, 0.15) is 11.2 Å². The van der Waals surface area contributed by atoms with E-state index in [1.807, 2.05) is 18.2 Å². The molecule has 0 bridgehead atoms. The summed E-state index contributed by atoms with van der Waals surface area (Å²) in [6.07, 6.45) is 0. The molecule has 0 amide bonds. The summed E-state index contributed by atoms with van der Waals surface area (Å²) in [5.41, 5.74) is 9.73. The fourth-order valence-electron chi connectivity index (χ4n) is 9.23. The molecule has 0 aliphatic heterocycles. The highest BCUT2D eigenvalue weighted by atomic mass is 32.1. The van der Waals surface area contributed by atoms with E-state index < -0.39 is 0 Å². The van der Waals surface area contributed by atoms with Crippen LogP contribution >= 0.6 is 11.3 Å². The van der Waals surface area contributed by atoms with Gasteiger partial charge in [-0.05, 0) is 76.5 Å². The van der Waals surface area contributed by atoms with Gasteiger partial charge in [0.05, 0.1) is 27.7 Å². The van der Waals surface area contributed by atoms with Crippen molar-refractivity contribution in [1.29, 1.82) is 0 Å². The molecule has 13 aromatic rings. The summed E-state index contributed by atoms with van der Waals surface area (Å²) in [5, 5.41) is 9.27. The molecule has 0 atom stereocenters. The van der Waals surface area contributed by atoms with Crippen molar-refractivity contribution in [1.82, 2.24) is 19.5 Å². The largest absolute Gasteiger partial charge is 0.455 e. The topological polar surface area (TPSA) is 56.7 Å². The molecule has 61 heavy (non-hydrogen) atoms. The maximum Gasteiger partial charge on any atom is 0.167 e. The second-order valence-corrected chi connectivity index (χ2v) is 16.6. The van der Waals surface area contributed by atoms with Crippen LogP contribution in [-0.4, -0.2) is 19.5 Å². The van der Waals surface area contributed by atoms with E-state index >= 15 is 0 Å². The monoisotopic (exact) mass is 796 g/mol. The van der Waals surface area contributed by atoms with Gasteiger partial charge in [-0.3, -0.25) is 0 Å². The number of rotatable bonds is 5. The van der Waals surface area contributed by atoms with Crippen LogP contribution in [0, 0.1) is 0 Å². The minimum absolute atomic E-state index is 0.548. The van der Waals surface area contributed by atoms with E-state index in [1.165, 1.54) is 37.0 Å². The lowest BCUT2D eigenvalue weighted by Crippen LogP contribution is -2.01. The number of fused-ring (bicyclic) bond motifs is 10. The predicted octanol–water partition coefficient (Wildman–Crippen LogP) is 15.1. The van der Waals surface area contributed by atoms with E-state index in [-0.39, 0.29) is 0 Å². The average molecular weight is 797 g/mol. The van der Waals surface area contributed by atoms with Gasteiger partial charge in [0, 0.05) is 47.5 Å². The Morgan fingerprint density at radius 3 is 1.95 bits per heavy atom. The summed E-state index contributed by atoms with van der Waals surface area (Å²) in [4.78, 5) is 16.0. The van der Waals surface area contributed by atoms with Crippen LogP contribution in [0.25, 0.3) is 126 Å². The molecule has 0 saturated carbocycles. The highest BCUT2D eigenvalue weighted by Crippen LogP contribution is 2.44. The summed E-state index contributed by atoms with van der Waals surface area (Å²) in [5.74, 6) is 1.76. The van der Waals surface area contributed by atoms with E-state index in [0.29, 0.717) is 17.5 Å². The Morgan fingerprint density at radius 2 is 1.07 bits per heavy atom. The van der Waals surface area contributed by atoms with Crippen molar-refractivity contribution in [3.63, 3.8) is 0 Å². The first-order valence-electron chi connectivity index (χ1n) is 20.4. The molecule has 4 heterocycles. The van der Waals surface area contributed by atoms with E-state index in [2.05, 4.69) is 180 Å².